The second kappa shape index (κ2) is 2.94. The van der Waals surface area contributed by atoms with Gasteiger partial charge in [-0.25, -0.2) is 9.50 Å². The Morgan fingerprint density at radius 2 is 2.07 bits per heavy atom. The van der Waals surface area contributed by atoms with Crippen LogP contribution in [0.25, 0.3) is 5.52 Å². The highest BCUT2D eigenvalue weighted by Crippen LogP contribution is 2.29. The van der Waals surface area contributed by atoms with E-state index in [9.17, 15) is 13.2 Å². The van der Waals surface area contributed by atoms with Gasteiger partial charge in [0.25, 0.3) is 0 Å². The van der Waals surface area contributed by atoms with Crippen LogP contribution in [0.1, 0.15) is 5.69 Å². The number of rotatable bonds is 0. The molecule has 2 aromatic rings. The smallest absolute Gasteiger partial charge is 0.245 e. The monoisotopic (exact) mass is 265 g/mol. The Morgan fingerprint density at radius 3 is 2.64 bits per heavy atom. The summed E-state index contributed by atoms with van der Waals surface area (Å²) in [6, 6.07) is 0.942. The van der Waals surface area contributed by atoms with Crippen LogP contribution in [-0.2, 0) is 6.18 Å². The summed E-state index contributed by atoms with van der Waals surface area (Å²) in [5.74, 6) is 0. The van der Waals surface area contributed by atoms with Crippen molar-refractivity contribution in [1.29, 1.82) is 0 Å². The summed E-state index contributed by atoms with van der Waals surface area (Å²) in [5.41, 5.74) is -0.633. The SMILES string of the molecule is FC(F)(F)c1cc2c(Br)nccn2n1. The van der Waals surface area contributed by atoms with Gasteiger partial charge < -0.3 is 0 Å². The summed E-state index contributed by atoms with van der Waals surface area (Å²) >= 11 is 3.04. The largest absolute Gasteiger partial charge is 0.435 e. The van der Waals surface area contributed by atoms with Gasteiger partial charge in [0.2, 0.25) is 0 Å². The van der Waals surface area contributed by atoms with Gasteiger partial charge >= 0.3 is 6.18 Å². The number of hydrogen-bond acceptors (Lipinski definition) is 2. The van der Waals surface area contributed by atoms with Crippen LogP contribution in [0.5, 0.6) is 0 Å². The van der Waals surface area contributed by atoms with Gasteiger partial charge in [-0.15, -0.1) is 0 Å². The molecular formula is C7H3BrF3N3. The van der Waals surface area contributed by atoms with Crippen LogP contribution in [0, 0.1) is 0 Å². The molecule has 0 aromatic carbocycles. The van der Waals surface area contributed by atoms with E-state index >= 15 is 0 Å². The van der Waals surface area contributed by atoms with Gasteiger partial charge in [-0.1, -0.05) is 0 Å². The molecule has 0 saturated heterocycles. The van der Waals surface area contributed by atoms with E-state index in [0.29, 0.717) is 10.1 Å². The molecule has 2 rings (SSSR count). The highest BCUT2D eigenvalue weighted by molar-refractivity contribution is 9.10. The molecule has 2 heterocycles. The van der Waals surface area contributed by atoms with Crippen molar-refractivity contribution in [1.82, 2.24) is 14.6 Å². The van der Waals surface area contributed by atoms with Crippen molar-refractivity contribution >= 4 is 21.4 Å². The molecule has 0 unspecified atom stereocenters. The molecule has 7 heteroatoms. The number of halogens is 4. The number of nitrogens with zero attached hydrogens (tertiary/aromatic N) is 3. The molecule has 0 bridgehead atoms. The van der Waals surface area contributed by atoms with Crippen LogP contribution in [0.2, 0.25) is 0 Å². The molecule has 0 saturated carbocycles. The maximum absolute atomic E-state index is 12.2. The number of aromatic nitrogens is 3. The van der Waals surface area contributed by atoms with Crippen molar-refractivity contribution in [2.24, 2.45) is 0 Å². The van der Waals surface area contributed by atoms with E-state index in [0.717, 1.165) is 10.6 Å². The van der Waals surface area contributed by atoms with Gasteiger partial charge in [-0.3, -0.25) is 0 Å². The van der Waals surface area contributed by atoms with E-state index in [1.807, 2.05) is 0 Å². The Kier molecular flexibility index (Phi) is 1.99. The lowest BCUT2D eigenvalue weighted by Crippen LogP contribution is -2.05. The topological polar surface area (TPSA) is 30.2 Å². The van der Waals surface area contributed by atoms with E-state index in [-0.39, 0.29) is 0 Å². The Balaban J connectivity index is 2.69. The first-order chi connectivity index (χ1) is 6.48. The van der Waals surface area contributed by atoms with Crippen LogP contribution in [-0.4, -0.2) is 14.6 Å². The van der Waals surface area contributed by atoms with Crippen molar-refractivity contribution in [3.63, 3.8) is 0 Å². The molecule has 0 aliphatic carbocycles. The summed E-state index contributed by atoms with van der Waals surface area (Å²) < 4.78 is 38.2. The van der Waals surface area contributed by atoms with E-state index in [1.165, 1.54) is 12.4 Å². The summed E-state index contributed by atoms with van der Waals surface area (Å²) in [4.78, 5) is 3.79. The Hall–Kier alpha value is -1.11. The summed E-state index contributed by atoms with van der Waals surface area (Å²) in [6.07, 6.45) is -1.70. The molecule has 0 spiro atoms. The van der Waals surface area contributed by atoms with Crippen LogP contribution in [0.4, 0.5) is 13.2 Å². The normalized spacial score (nSPS) is 12.3. The standard InChI is InChI=1S/C7H3BrF3N3/c8-6-4-3-5(7(9,10)11)13-14(4)2-1-12-6/h1-3H. The Bertz CT molecular complexity index is 476. The minimum Gasteiger partial charge on any atom is -0.245 e. The number of fused-ring (bicyclic) bond motifs is 1. The lowest BCUT2D eigenvalue weighted by Gasteiger charge is -1.98. The molecule has 2 aromatic heterocycles. The van der Waals surface area contributed by atoms with E-state index in [4.69, 9.17) is 0 Å². The lowest BCUT2D eigenvalue weighted by molar-refractivity contribution is -0.141. The zero-order valence-electron chi connectivity index (χ0n) is 6.59. The van der Waals surface area contributed by atoms with Gasteiger partial charge in [0, 0.05) is 12.4 Å². The third kappa shape index (κ3) is 1.47. The van der Waals surface area contributed by atoms with Crippen molar-refractivity contribution in [2.45, 2.75) is 6.18 Å². The average molecular weight is 266 g/mol. The lowest BCUT2D eigenvalue weighted by atomic mass is 10.4. The average Bonchev–Trinajstić information content (AvgIpc) is 2.48. The fourth-order valence-corrected chi connectivity index (χ4v) is 1.44. The quantitative estimate of drug-likeness (QED) is 0.733. The van der Waals surface area contributed by atoms with Gasteiger partial charge in [-0.05, 0) is 22.0 Å². The number of alkyl halides is 3. The van der Waals surface area contributed by atoms with Crippen molar-refractivity contribution in [2.75, 3.05) is 0 Å². The minimum absolute atomic E-state index is 0.292. The van der Waals surface area contributed by atoms with Crippen molar-refractivity contribution in [3.8, 4) is 0 Å². The molecule has 0 N–H and O–H groups in total. The van der Waals surface area contributed by atoms with Crippen LogP contribution < -0.4 is 0 Å². The third-order valence-corrected chi connectivity index (χ3v) is 2.24. The molecule has 0 atom stereocenters. The maximum atomic E-state index is 12.2. The van der Waals surface area contributed by atoms with Crippen LogP contribution in [0.15, 0.2) is 23.1 Å². The van der Waals surface area contributed by atoms with Gasteiger partial charge in [-0.2, -0.15) is 18.3 Å². The molecular weight excluding hydrogens is 263 g/mol. The minimum atomic E-state index is -4.43. The van der Waals surface area contributed by atoms with Gasteiger partial charge in [0.1, 0.15) is 4.60 Å². The first kappa shape index (κ1) is 9.45. The van der Waals surface area contributed by atoms with Crippen molar-refractivity contribution in [3.05, 3.63) is 28.8 Å². The third-order valence-electron chi connectivity index (χ3n) is 1.63. The molecule has 0 fully saturated rings. The predicted octanol–water partition coefficient (Wildman–Crippen LogP) is 2.51. The van der Waals surface area contributed by atoms with Crippen LogP contribution in [0.3, 0.4) is 0 Å². The Labute approximate surface area is 84.7 Å². The zero-order valence-corrected chi connectivity index (χ0v) is 8.17. The highest BCUT2D eigenvalue weighted by Gasteiger charge is 2.34. The predicted molar refractivity (Wildman–Crippen MR) is 45.7 cm³/mol. The number of hydrogen-bond donors (Lipinski definition) is 0. The fourth-order valence-electron chi connectivity index (χ4n) is 1.03. The van der Waals surface area contributed by atoms with E-state index in [2.05, 4.69) is 26.0 Å². The van der Waals surface area contributed by atoms with Crippen molar-refractivity contribution < 1.29 is 13.2 Å². The molecule has 0 radical (unpaired) electrons. The second-order valence-electron chi connectivity index (χ2n) is 2.58. The first-order valence-corrected chi connectivity index (χ1v) is 4.35. The molecule has 0 aliphatic rings. The highest BCUT2D eigenvalue weighted by atomic mass is 79.9. The second-order valence-corrected chi connectivity index (χ2v) is 3.33. The zero-order chi connectivity index (χ0) is 10.3. The molecule has 0 amide bonds. The van der Waals surface area contributed by atoms with E-state index in [1.54, 1.807) is 0 Å². The maximum Gasteiger partial charge on any atom is 0.435 e. The summed E-state index contributed by atoms with van der Waals surface area (Å²) in [7, 11) is 0. The Morgan fingerprint density at radius 1 is 1.36 bits per heavy atom. The fraction of sp³-hybridized carbons (Fsp3) is 0.143. The first-order valence-electron chi connectivity index (χ1n) is 3.55. The molecule has 3 nitrogen and oxygen atoms in total. The summed E-state index contributed by atoms with van der Waals surface area (Å²) in [6.45, 7) is 0. The van der Waals surface area contributed by atoms with Gasteiger partial charge in [0.05, 0.1) is 5.52 Å². The summed E-state index contributed by atoms with van der Waals surface area (Å²) in [5, 5.41) is 3.37. The van der Waals surface area contributed by atoms with Gasteiger partial charge in [0.15, 0.2) is 5.69 Å². The van der Waals surface area contributed by atoms with E-state index < -0.39 is 11.9 Å². The van der Waals surface area contributed by atoms with Crippen LogP contribution >= 0.6 is 15.9 Å². The molecule has 0 aliphatic heterocycles. The molecule has 14 heavy (non-hydrogen) atoms. The molecule has 74 valence electrons.